The minimum atomic E-state index is -0.0362. The smallest absolute Gasteiger partial charge is 0.254 e. The van der Waals surface area contributed by atoms with Crippen LogP contribution in [-0.4, -0.2) is 87.3 Å². The fraction of sp³-hybridized carbons (Fsp3) is 0.562. The van der Waals surface area contributed by atoms with Crippen LogP contribution in [-0.2, 0) is 16.0 Å². The van der Waals surface area contributed by atoms with Crippen molar-refractivity contribution in [3.05, 3.63) is 59.7 Å². The Hall–Kier alpha value is -3.10. The molecule has 2 amide bonds. The highest BCUT2D eigenvalue weighted by Crippen LogP contribution is 2.30. The van der Waals surface area contributed by atoms with Gasteiger partial charge in [-0.3, -0.25) is 9.59 Å². The Balaban J connectivity index is 1.71. The van der Waals surface area contributed by atoms with Crippen molar-refractivity contribution in [1.29, 1.82) is 0 Å². The molecule has 2 aromatic carbocycles. The number of nitrogens with zero attached hydrogens (tertiary/aromatic N) is 2. The van der Waals surface area contributed by atoms with Crippen LogP contribution >= 0.6 is 0 Å². The van der Waals surface area contributed by atoms with Gasteiger partial charge in [0.2, 0.25) is 5.91 Å². The number of amides is 2. The van der Waals surface area contributed by atoms with E-state index in [-0.39, 0.29) is 35.7 Å². The number of hydrogen-bond acceptors (Lipinski definition) is 6. The first-order chi connectivity index (χ1) is 19.2. The van der Waals surface area contributed by atoms with Crippen LogP contribution < -0.4 is 14.8 Å². The van der Waals surface area contributed by atoms with Crippen LogP contribution in [0, 0.1) is 11.8 Å². The van der Waals surface area contributed by atoms with E-state index in [4.69, 9.17) is 14.2 Å². The van der Waals surface area contributed by atoms with Gasteiger partial charge < -0.3 is 29.3 Å². The van der Waals surface area contributed by atoms with E-state index in [1.165, 1.54) is 0 Å². The van der Waals surface area contributed by atoms with Crippen LogP contribution in [0.3, 0.4) is 0 Å². The van der Waals surface area contributed by atoms with Gasteiger partial charge in [-0.15, -0.1) is 0 Å². The van der Waals surface area contributed by atoms with Gasteiger partial charge in [0.05, 0.1) is 20.1 Å². The number of benzene rings is 2. The molecule has 0 bridgehead atoms. The summed E-state index contributed by atoms with van der Waals surface area (Å²) in [7, 11) is 3.26. The molecular formula is C32H47N3O5. The molecule has 1 heterocycles. The average molecular weight is 554 g/mol. The zero-order chi connectivity index (χ0) is 29.1. The summed E-state index contributed by atoms with van der Waals surface area (Å²) >= 11 is 0. The molecule has 1 N–H and O–H groups in total. The van der Waals surface area contributed by atoms with Gasteiger partial charge in [0.15, 0.2) is 11.5 Å². The Labute approximate surface area is 240 Å². The third kappa shape index (κ3) is 8.70. The normalized spacial score (nSPS) is 16.8. The minimum absolute atomic E-state index is 0.0165. The molecule has 0 spiro atoms. The van der Waals surface area contributed by atoms with Crippen molar-refractivity contribution in [2.45, 2.75) is 52.6 Å². The van der Waals surface area contributed by atoms with Crippen LogP contribution in [0.1, 0.15) is 50.0 Å². The maximum atomic E-state index is 13.8. The van der Waals surface area contributed by atoms with Crippen molar-refractivity contribution in [2.24, 2.45) is 11.8 Å². The summed E-state index contributed by atoms with van der Waals surface area (Å²) in [5.41, 5.74) is 1.60. The molecule has 1 aliphatic rings. The SMILES string of the molecule is COCCCOc1cc(C(=O)N(C[C@@H]2CNC[C@H]2CN(C(=O)Cc2ccccc2)C(C)C)C(C)C)ccc1OC. The number of methoxy groups -OCH3 is 2. The van der Waals surface area contributed by atoms with Gasteiger partial charge in [0, 0.05) is 64.0 Å². The van der Waals surface area contributed by atoms with Crippen molar-refractivity contribution >= 4 is 11.8 Å². The highest BCUT2D eigenvalue weighted by Gasteiger charge is 2.34. The van der Waals surface area contributed by atoms with Gasteiger partial charge in [0.25, 0.3) is 5.91 Å². The van der Waals surface area contributed by atoms with E-state index in [2.05, 4.69) is 19.2 Å². The van der Waals surface area contributed by atoms with E-state index < -0.39 is 0 Å². The summed E-state index contributed by atoms with van der Waals surface area (Å²) in [6.07, 6.45) is 1.14. The number of hydrogen-bond donors (Lipinski definition) is 1. The topological polar surface area (TPSA) is 80.3 Å². The molecule has 220 valence electrons. The molecule has 8 heteroatoms. The van der Waals surface area contributed by atoms with Gasteiger partial charge in [-0.05, 0) is 63.3 Å². The molecule has 0 saturated carbocycles. The fourth-order valence-electron chi connectivity index (χ4n) is 5.19. The number of rotatable bonds is 15. The minimum Gasteiger partial charge on any atom is -0.493 e. The Morgan fingerprint density at radius 2 is 1.52 bits per heavy atom. The van der Waals surface area contributed by atoms with Crippen LogP contribution in [0.2, 0.25) is 0 Å². The van der Waals surface area contributed by atoms with Gasteiger partial charge in [-0.2, -0.15) is 0 Å². The number of ether oxygens (including phenoxy) is 3. The van der Waals surface area contributed by atoms with Crippen LogP contribution in [0.5, 0.6) is 11.5 Å². The summed E-state index contributed by atoms with van der Waals surface area (Å²) < 4.78 is 16.5. The van der Waals surface area contributed by atoms with Gasteiger partial charge in [-0.1, -0.05) is 30.3 Å². The molecule has 3 rings (SSSR count). The monoisotopic (exact) mass is 553 g/mol. The van der Waals surface area contributed by atoms with Crippen molar-refractivity contribution in [2.75, 3.05) is 53.6 Å². The predicted octanol–water partition coefficient (Wildman–Crippen LogP) is 4.28. The van der Waals surface area contributed by atoms with Gasteiger partial charge in [0.1, 0.15) is 0 Å². The Kier molecular flexibility index (Phi) is 12.3. The molecule has 1 fully saturated rings. The predicted molar refractivity (Wildman–Crippen MR) is 158 cm³/mol. The molecule has 0 aromatic heterocycles. The molecule has 40 heavy (non-hydrogen) atoms. The molecule has 2 aromatic rings. The van der Waals surface area contributed by atoms with E-state index in [0.29, 0.717) is 49.8 Å². The zero-order valence-electron chi connectivity index (χ0n) is 25.0. The second kappa shape index (κ2) is 15.6. The number of carbonyl (C=O) groups is 2. The molecule has 1 aliphatic heterocycles. The van der Waals surface area contributed by atoms with Crippen LogP contribution in [0.25, 0.3) is 0 Å². The summed E-state index contributed by atoms with van der Waals surface area (Å²) in [6.45, 7) is 12.2. The first-order valence-corrected chi connectivity index (χ1v) is 14.4. The summed E-state index contributed by atoms with van der Waals surface area (Å²) in [4.78, 5) is 31.0. The molecule has 2 atom stereocenters. The third-order valence-corrected chi connectivity index (χ3v) is 7.53. The van der Waals surface area contributed by atoms with Crippen molar-refractivity contribution < 1.29 is 23.8 Å². The summed E-state index contributed by atoms with van der Waals surface area (Å²) in [6, 6.07) is 15.4. The number of carbonyl (C=O) groups excluding carboxylic acids is 2. The zero-order valence-corrected chi connectivity index (χ0v) is 25.0. The molecule has 0 radical (unpaired) electrons. The van der Waals surface area contributed by atoms with Crippen molar-refractivity contribution in [1.82, 2.24) is 15.1 Å². The van der Waals surface area contributed by atoms with Crippen LogP contribution in [0.4, 0.5) is 0 Å². The third-order valence-electron chi connectivity index (χ3n) is 7.53. The first-order valence-electron chi connectivity index (χ1n) is 14.4. The first kappa shape index (κ1) is 31.4. The molecule has 8 nitrogen and oxygen atoms in total. The highest BCUT2D eigenvalue weighted by atomic mass is 16.5. The standard InChI is InChI=1S/C32H47N3O5/c1-23(2)34(31(36)17-25-11-8-7-9-12-25)21-27-19-33-20-28(27)22-35(24(3)4)32(37)26-13-14-29(39-6)30(18-26)40-16-10-15-38-5/h7-9,11-14,18,23-24,27-28,33H,10,15-17,19-22H2,1-6H3/t27-,28-/m0/s1. The van der Waals surface area contributed by atoms with Gasteiger partial charge in [-0.25, -0.2) is 0 Å². The summed E-state index contributed by atoms with van der Waals surface area (Å²) in [5, 5.41) is 3.51. The lowest BCUT2D eigenvalue weighted by atomic mass is 9.93. The lowest BCUT2D eigenvalue weighted by Gasteiger charge is -2.35. The Morgan fingerprint density at radius 1 is 0.875 bits per heavy atom. The van der Waals surface area contributed by atoms with E-state index in [9.17, 15) is 9.59 Å². The molecular weight excluding hydrogens is 506 g/mol. The van der Waals surface area contributed by atoms with Crippen LogP contribution in [0.15, 0.2) is 48.5 Å². The quantitative estimate of drug-likeness (QED) is 0.332. The van der Waals surface area contributed by atoms with Gasteiger partial charge >= 0.3 is 0 Å². The fourth-order valence-corrected chi connectivity index (χ4v) is 5.19. The molecule has 0 aliphatic carbocycles. The van der Waals surface area contributed by atoms with Crippen molar-refractivity contribution in [3.63, 3.8) is 0 Å². The lowest BCUT2D eigenvalue weighted by molar-refractivity contribution is -0.133. The summed E-state index contributed by atoms with van der Waals surface area (Å²) in [5.74, 6) is 1.75. The highest BCUT2D eigenvalue weighted by molar-refractivity contribution is 5.95. The van der Waals surface area contributed by atoms with E-state index in [0.717, 1.165) is 25.1 Å². The Morgan fingerprint density at radius 3 is 2.12 bits per heavy atom. The second-order valence-electron chi connectivity index (χ2n) is 11.1. The van der Waals surface area contributed by atoms with E-state index in [1.54, 1.807) is 32.4 Å². The van der Waals surface area contributed by atoms with E-state index in [1.807, 2.05) is 54.0 Å². The Bertz CT molecular complexity index is 1080. The lowest BCUT2D eigenvalue weighted by Crippen LogP contribution is -2.46. The van der Waals surface area contributed by atoms with E-state index >= 15 is 0 Å². The van der Waals surface area contributed by atoms with Crippen molar-refractivity contribution in [3.8, 4) is 11.5 Å². The maximum absolute atomic E-state index is 13.8. The molecule has 0 unspecified atom stereocenters. The average Bonchev–Trinajstić information content (AvgIpc) is 3.39. The largest absolute Gasteiger partial charge is 0.493 e. The second-order valence-corrected chi connectivity index (χ2v) is 11.1. The number of nitrogens with one attached hydrogen (secondary N) is 1. The maximum Gasteiger partial charge on any atom is 0.254 e. The molecule has 1 saturated heterocycles.